The van der Waals surface area contributed by atoms with Gasteiger partial charge in [0, 0.05) is 17.1 Å². The van der Waals surface area contributed by atoms with Crippen molar-refractivity contribution in [3.63, 3.8) is 0 Å². The lowest BCUT2D eigenvalue weighted by molar-refractivity contribution is 0.0977. The first-order valence-corrected chi connectivity index (χ1v) is 12.3. The van der Waals surface area contributed by atoms with Gasteiger partial charge in [0.1, 0.15) is 11.9 Å². The number of halogens is 1. The Kier molecular flexibility index (Phi) is 6.73. The molecule has 10 heteroatoms. The molecule has 1 N–H and O–H groups in total. The normalized spacial score (nSPS) is 18.7. The van der Waals surface area contributed by atoms with Crippen LogP contribution >= 0.6 is 11.3 Å². The number of carbonyl (C=O) groups excluding carboxylic acids is 1. The molecule has 1 amide bonds. The van der Waals surface area contributed by atoms with Crippen LogP contribution in [0.1, 0.15) is 46.6 Å². The van der Waals surface area contributed by atoms with E-state index in [1.165, 1.54) is 11.3 Å². The summed E-state index contributed by atoms with van der Waals surface area (Å²) in [7, 11) is -3.70. The van der Waals surface area contributed by atoms with Crippen molar-refractivity contribution < 1.29 is 17.6 Å². The monoisotopic (exact) mass is 450 g/mol. The lowest BCUT2D eigenvalue weighted by Gasteiger charge is -2.23. The molecule has 7 nitrogen and oxygen atoms in total. The Labute approximate surface area is 179 Å². The van der Waals surface area contributed by atoms with E-state index in [1.807, 2.05) is 9.62 Å². The number of nitriles is 1. The molecule has 1 heterocycles. The molecule has 0 aliphatic heterocycles. The smallest absolute Gasteiger partial charge is 0.284 e. The average Bonchev–Trinajstić information content (AvgIpc) is 3.26. The number of hydrogen-bond acceptors (Lipinski definition) is 7. The van der Waals surface area contributed by atoms with E-state index in [1.54, 1.807) is 31.2 Å². The first-order chi connectivity index (χ1) is 14.2. The minimum Gasteiger partial charge on any atom is -0.318 e. The van der Waals surface area contributed by atoms with Crippen molar-refractivity contribution in [2.45, 2.75) is 38.8 Å². The lowest BCUT2D eigenvalue weighted by atomic mass is 10.0. The van der Waals surface area contributed by atoms with Crippen LogP contribution in [0, 0.1) is 24.2 Å². The zero-order valence-corrected chi connectivity index (χ0v) is 18.4. The Bertz CT molecular complexity index is 1060. The van der Waals surface area contributed by atoms with Gasteiger partial charge in [-0.2, -0.15) is 5.26 Å². The Morgan fingerprint density at radius 3 is 2.63 bits per heavy atom. The van der Waals surface area contributed by atoms with Crippen molar-refractivity contribution in [1.82, 2.24) is 9.71 Å². The van der Waals surface area contributed by atoms with Crippen molar-refractivity contribution in [2.24, 2.45) is 5.92 Å². The molecule has 1 aromatic heterocycles. The number of rotatable bonds is 7. The fourth-order valence-corrected chi connectivity index (χ4v) is 4.95. The fraction of sp³-hybridized carbons (Fsp3) is 0.450. The number of aromatic nitrogens is 1. The predicted octanol–water partition coefficient (Wildman–Crippen LogP) is 3.68. The summed E-state index contributed by atoms with van der Waals surface area (Å²) in [6.07, 6.45) is 2.93. The molecule has 30 heavy (non-hydrogen) atoms. The van der Waals surface area contributed by atoms with E-state index < -0.39 is 22.1 Å². The fourth-order valence-electron chi connectivity index (χ4n) is 3.56. The van der Waals surface area contributed by atoms with Crippen LogP contribution in [0.5, 0.6) is 0 Å². The summed E-state index contributed by atoms with van der Waals surface area (Å²) in [5.74, 6) is -0.483. The summed E-state index contributed by atoms with van der Waals surface area (Å²) in [6.45, 7) is 2.28. The number of aryl methyl sites for hydroxylation is 1. The van der Waals surface area contributed by atoms with E-state index in [0.717, 1.165) is 24.8 Å². The van der Waals surface area contributed by atoms with Gasteiger partial charge in [-0.05, 0) is 62.8 Å². The summed E-state index contributed by atoms with van der Waals surface area (Å²) >= 11 is 1.28. The van der Waals surface area contributed by atoms with E-state index >= 15 is 0 Å². The number of amides is 1. The number of nitrogens with one attached hydrogen (secondary N) is 1. The molecule has 1 aromatic carbocycles. The van der Waals surface area contributed by atoms with E-state index in [-0.39, 0.29) is 11.6 Å². The van der Waals surface area contributed by atoms with Gasteiger partial charge in [0.05, 0.1) is 17.9 Å². The minimum atomic E-state index is -3.70. The molecule has 0 radical (unpaired) electrons. The van der Waals surface area contributed by atoms with Crippen LogP contribution in [0.3, 0.4) is 0 Å². The van der Waals surface area contributed by atoms with Crippen LogP contribution in [0.25, 0.3) is 0 Å². The van der Waals surface area contributed by atoms with Gasteiger partial charge in [0.15, 0.2) is 5.13 Å². The van der Waals surface area contributed by atoms with Gasteiger partial charge in [-0.15, -0.1) is 11.3 Å². The van der Waals surface area contributed by atoms with E-state index in [4.69, 9.17) is 5.26 Å². The molecule has 1 aliphatic rings. The van der Waals surface area contributed by atoms with Crippen molar-refractivity contribution >= 4 is 38.1 Å². The highest BCUT2D eigenvalue weighted by molar-refractivity contribution is 7.89. The first kappa shape index (κ1) is 22.2. The van der Waals surface area contributed by atoms with Crippen LogP contribution in [0.15, 0.2) is 24.3 Å². The Morgan fingerprint density at radius 1 is 1.37 bits per heavy atom. The van der Waals surface area contributed by atoms with E-state index in [9.17, 15) is 17.6 Å². The summed E-state index contributed by atoms with van der Waals surface area (Å²) in [5.41, 5.74) is 1.38. The van der Waals surface area contributed by atoms with E-state index in [2.05, 4.69) is 11.1 Å². The number of thiazole rings is 1. The molecule has 0 bridgehead atoms. The third kappa shape index (κ3) is 5.55. The SMILES string of the molecule is Cc1sc(N(CC[C@@H]2CC[C@@H](F)C2)c2ccc(C#N)cc2)nc1C(=O)NS(C)(=O)=O. The highest BCUT2D eigenvalue weighted by Crippen LogP contribution is 2.35. The molecular formula is C20H23FN4O3S2. The van der Waals surface area contributed by atoms with Crippen molar-refractivity contribution in [3.05, 3.63) is 40.4 Å². The van der Waals surface area contributed by atoms with Gasteiger partial charge in [-0.25, -0.2) is 22.5 Å². The second kappa shape index (κ2) is 9.10. The summed E-state index contributed by atoms with van der Waals surface area (Å²) < 4.78 is 38.3. The standard InChI is InChI=1S/C20H23FN4O3S2/c1-13-18(19(26)24-30(2,27)28)23-20(29-13)25(10-9-14-3-6-16(21)11-14)17-7-4-15(12-22)5-8-17/h4-5,7-8,14,16H,3,6,9-11H2,1-2H3,(H,24,26)/t14-,16+/m0/s1. The number of anilines is 2. The van der Waals surface area contributed by atoms with Crippen molar-refractivity contribution in [3.8, 4) is 6.07 Å². The Morgan fingerprint density at radius 2 is 2.07 bits per heavy atom. The summed E-state index contributed by atoms with van der Waals surface area (Å²) in [6, 6.07) is 9.09. The maximum absolute atomic E-state index is 13.6. The molecule has 1 aliphatic carbocycles. The topological polar surface area (TPSA) is 103 Å². The van der Waals surface area contributed by atoms with Crippen LogP contribution in [-0.4, -0.2) is 38.3 Å². The second-order valence-corrected chi connectivity index (χ2v) is 10.4. The van der Waals surface area contributed by atoms with Crippen LogP contribution in [-0.2, 0) is 10.0 Å². The number of benzene rings is 1. The third-order valence-electron chi connectivity index (χ3n) is 5.06. The molecular weight excluding hydrogens is 427 g/mol. The highest BCUT2D eigenvalue weighted by atomic mass is 32.2. The van der Waals surface area contributed by atoms with E-state index in [0.29, 0.717) is 35.0 Å². The number of alkyl halides is 1. The lowest BCUT2D eigenvalue weighted by Crippen LogP contribution is -2.30. The highest BCUT2D eigenvalue weighted by Gasteiger charge is 2.26. The first-order valence-electron chi connectivity index (χ1n) is 9.57. The zero-order chi connectivity index (χ0) is 21.9. The van der Waals surface area contributed by atoms with Crippen molar-refractivity contribution in [1.29, 1.82) is 5.26 Å². The molecule has 2 atom stereocenters. The van der Waals surface area contributed by atoms with Crippen LogP contribution in [0.2, 0.25) is 0 Å². The van der Waals surface area contributed by atoms with Crippen LogP contribution < -0.4 is 9.62 Å². The maximum Gasteiger partial charge on any atom is 0.284 e. The molecule has 0 spiro atoms. The molecule has 3 rings (SSSR count). The number of sulfonamides is 1. The van der Waals surface area contributed by atoms with Gasteiger partial charge in [-0.3, -0.25) is 4.79 Å². The summed E-state index contributed by atoms with van der Waals surface area (Å²) in [4.78, 5) is 19.2. The second-order valence-electron chi connectivity index (χ2n) is 7.48. The molecule has 0 unspecified atom stereocenters. The zero-order valence-electron chi connectivity index (χ0n) is 16.8. The third-order valence-corrected chi connectivity index (χ3v) is 6.61. The number of nitrogens with zero attached hydrogens (tertiary/aromatic N) is 3. The molecule has 1 saturated carbocycles. The molecule has 2 aromatic rings. The molecule has 160 valence electrons. The minimum absolute atomic E-state index is 0.0590. The molecule has 0 saturated heterocycles. The van der Waals surface area contributed by atoms with Gasteiger partial charge in [0.2, 0.25) is 10.0 Å². The van der Waals surface area contributed by atoms with Gasteiger partial charge in [-0.1, -0.05) is 0 Å². The van der Waals surface area contributed by atoms with Crippen molar-refractivity contribution in [2.75, 3.05) is 17.7 Å². The molecule has 1 fully saturated rings. The number of carbonyl (C=O) groups is 1. The number of hydrogen-bond donors (Lipinski definition) is 1. The summed E-state index contributed by atoms with van der Waals surface area (Å²) in [5, 5.41) is 9.59. The average molecular weight is 451 g/mol. The van der Waals surface area contributed by atoms with Gasteiger partial charge >= 0.3 is 0 Å². The maximum atomic E-state index is 13.6. The van der Waals surface area contributed by atoms with Crippen LogP contribution in [0.4, 0.5) is 15.2 Å². The predicted molar refractivity (Wildman–Crippen MR) is 114 cm³/mol. The van der Waals surface area contributed by atoms with Gasteiger partial charge < -0.3 is 4.90 Å². The Balaban J connectivity index is 1.88. The quantitative estimate of drug-likeness (QED) is 0.690. The van der Waals surface area contributed by atoms with Gasteiger partial charge in [0.25, 0.3) is 5.91 Å². The largest absolute Gasteiger partial charge is 0.318 e. The Hall–Kier alpha value is -2.51.